The minimum absolute atomic E-state index is 0.0609. The van der Waals surface area contributed by atoms with Crippen molar-refractivity contribution in [1.82, 2.24) is 4.98 Å². The van der Waals surface area contributed by atoms with E-state index in [1.54, 1.807) is 26.1 Å². The second-order valence-corrected chi connectivity index (χ2v) is 5.09. The van der Waals surface area contributed by atoms with Crippen LogP contribution < -0.4 is 0 Å². The molecule has 0 radical (unpaired) electrons. The average Bonchev–Trinajstić information content (AvgIpc) is 2.30. The van der Waals surface area contributed by atoms with Crippen molar-refractivity contribution >= 4 is 5.97 Å². The van der Waals surface area contributed by atoms with Gasteiger partial charge in [-0.05, 0) is 32.4 Å². The van der Waals surface area contributed by atoms with Crippen LogP contribution in [0.3, 0.4) is 0 Å². The largest absolute Gasteiger partial charge is 0.480 e. The molecule has 1 aromatic heterocycles. The Bertz CT molecular complexity index is 443. The fraction of sp³-hybridized carbons (Fsp3) is 0.538. The maximum atomic E-state index is 11.6. The standard InChI is InChI=1S/C13H17NO4/c1-9-4-5-10(14-6-9)13(11(15)16)7-17-12(2,3)18-8-13/h4-6H,7-8H2,1-3H3,(H,15,16). The summed E-state index contributed by atoms with van der Waals surface area (Å²) in [6.07, 6.45) is 1.65. The molecule has 1 aromatic rings. The topological polar surface area (TPSA) is 68.7 Å². The van der Waals surface area contributed by atoms with E-state index in [2.05, 4.69) is 4.98 Å². The lowest BCUT2D eigenvalue weighted by Gasteiger charge is -2.40. The van der Waals surface area contributed by atoms with E-state index in [-0.39, 0.29) is 13.2 Å². The first-order valence-electron chi connectivity index (χ1n) is 5.80. The van der Waals surface area contributed by atoms with Crippen LogP contribution in [0.4, 0.5) is 0 Å². The summed E-state index contributed by atoms with van der Waals surface area (Å²) in [5, 5.41) is 9.48. The van der Waals surface area contributed by atoms with Gasteiger partial charge in [-0.15, -0.1) is 0 Å². The normalized spacial score (nSPS) is 21.5. The highest BCUT2D eigenvalue weighted by Crippen LogP contribution is 2.32. The van der Waals surface area contributed by atoms with Gasteiger partial charge in [-0.25, -0.2) is 0 Å². The SMILES string of the molecule is Cc1ccc(C2(C(=O)O)COC(C)(C)OC2)nc1. The monoisotopic (exact) mass is 251 g/mol. The second kappa shape index (κ2) is 4.33. The van der Waals surface area contributed by atoms with Crippen LogP contribution in [0.2, 0.25) is 0 Å². The number of aliphatic carboxylic acids is 1. The second-order valence-electron chi connectivity index (χ2n) is 5.09. The van der Waals surface area contributed by atoms with Crippen LogP contribution in [0.5, 0.6) is 0 Å². The molecule has 5 nitrogen and oxygen atoms in total. The summed E-state index contributed by atoms with van der Waals surface area (Å²) in [5.74, 6) is -1.72. The summed E-state index contributed by atoms with van der Waals surface area (Å²) in [6, 6.07) is 3.56. The Hall–Kier alpha value is -1.46. The number of ether oxygens (including phenoxy) is 2. The molecule has 0 aromatic carbocycles. The Morgan fingerprint density at radius 2 is 1.94 bits per heavy atom. The zero-order valence-corrected chi connectivity index (χ0v) is 10.8. The predicted octanol–water partition coefficient (Wildman–Crippen LogP) is 1.50. The number of aryl methyl sites for hydroxylation is 1. The molecule has 1 fully saturated rings. The average molecular weight is 251 g/mol. The van der Waals surface area contributed by atoms with Gasteiger partial charge in [0.15, 0.2) is 11.2 Å². The molecule has 1 saturated heterocycles. The van der Waals surface area contributed by atoms with E-state index in [0.717, 1.165) is 5.56 Å². The van der Waals surface area contributed by atoms with Crippen LogP contribution in [0.15, 0.2) is 18.3 Å². The summed E-state index contributed by atoms with van der Waals surface area (Å²) >= 11 is 0. The molecule has 2 rings (SSSR count). The fourth-order valence-corrected chi connectivity index (χ4v) is 1.81. The molecule has 1 aliphatic heterocycles. The number of carboxylic acids is 1. The van der Waals surface area contributed by atoms with E-state index in [9.17, 15) is 9.90 Å². The smallest absolute Gasteiger partial charge is 0.320 e. The van der Waals surface area contributed by atoms with Crippen molar-refractivity contribution in [2.75, 3.05) is 13.2 Å². The predicted molar refractivity (Wildman–Crippen MR) is 64.3 cm³/mol. The van der Waals surface area contributed by atoms with Gasteiger partial charge < -0.3 is 14.6 Å². The van der Waals surface area contributed by atoms with Crippen molar-refractivity contribution in [3.05, 3.63) is 29.6 Å². The number of hydrogen-bond donors (Lipinski definition) is 1. The van der Waals surface area contributed by atoms with Gasteiger partial charge in [0.2, 0.25) is 0 Å². The zero-order valence-electron chi connectivity index (χ0n) is 10.8. The van der Waals surface area contributed by atoms with Crippen LogP contribution in [0, 0.1) is 6.92 Å². The third kappa shape index (κ3) is 2.23. The summed E-state index contributed by atoms with van der Waals surface area (Å²) < 4.78 is 11.0. The van der Waals surface area contributed by atoms with E-state index in [1.165, 1.54) is 0 Å². The van der Waals surface area contributed by atoms with Gasteiger partial charge in [-0.2, -0.15) is 0 Å². The minimum Gasteiger partial charge on any atom is -0.480 e. The van der Waals surface area contributed by atoms with E-state index in [0.29, 0.717) is 5.69 Å². The lowest BCUT2D eigenvalue weighted by molar-refractivity contribution is -0.269. The van der Waals surface area contributed by atoms with Gasteiger partial charge in [0.1, 0.15) is 0 Å². The Kier molecular flexibility index (Phi) is 3.12. The van der Waals surface area contributed by atoms with Crippen molar-refractivity contribution in [2.45, 2.75) is 32.0 Å². The fourth-order valence-electron chi connectivity index (χ4n) is 1.81. The van der Waals surface area contributed by atoms with Crippen molar-refractivity contribution < 1.29 is 19.4 Å². The first-order valence-corrected chi connectivity index (χ1v) is 5.80. The molecular formula is C13H17NO4. The molecule has 0 aliphatic carbocycles. The zero-order chi connectivity index (χ0) is 13.4. The number of pyridine rings is 1. The van der Waals surface area contributed by atoms with E-state index < -0.39 is 17.2 Å². The quantitative estimate of drug-likeness (QED) is 0.862. The van der Waals surface area contributed by atoms with Gasteiger partial charge in [0.05, 0.1) is 18.9 Å². The van der Waals surface area contributed by atoms with Crippen molar-refractivity contribution in [1.29, 1.82) is 0 Å². The number of rotatable bonds is 2. The molecular weight excluding hydrogens is 234 g/mol. The molecule has 1 aliphatic rings. The molecule has 0 saturated carbocycles. The van der Waals surface area contributed by atoms with Crippen LogP contribution in [0.25, 0.3) is 0 Å². The Morgan fingerprint density at radius 1 is 1.33 bits per heavy atom. The number of nitrogens with zero attached hydrogens (tertiary/aromatic N) is 1. The Labute approximate surface area is 106 Å². The lowest BCUT2D eigenvalue weighted by Crippen LogP contribution is -2.54. The summed E-state index contributed by atoms with van der Waals surface area (Å²) in [7, 11) is 0. The van der Waals surface area contributed by atoms with Crippen molar-refractivity contribution in [2.24, 2.45) is 0 Å². The molecule has 0 atom stereocenters. The van der Waals surface area contributed by atoms with Crippen molar-refractivity contribution in [3.8, 4) is 0 Å². The van der Waals surface area contributed by atoms with E-state index in [1.807, 2.05) is 13.0 Å². The third-order valence-electron chi connectivity index (χ3n) is 3.14. The maximum absolute atomic E-state index is 11.6. The molecule has 0 unspecified atom stereocenters. The van der Waals surface area contributed by atoms with Crippen LogP contribution in [-0.2, 0) is 19.7 Å². The van der Waals surface area contributed by atoms with Crippen molar-refractivity contribution in [3.63, 3.8) is 0 Å². The molecule has 18 heavy (non-hydrogen) atoms. The maximum Gasteiger partial charge on any atom is 0.320 e. The molecule has 0 amide bonds. The Morgan fingerprint density at radius 3 is 2.39 bits per heavy atom. The lowest BCUT2D eigenvalue weighted by atomic mass is 9.84. The van der Waals surface area contributed by atoms with Gasteiger partial charge in [0.25, 0.3) is 0 Å². The number of hydrogen-bond acceptors (Lipinski definition) is 4. The minimum atomic E-state index is -1.22. The molecule has 0 bridgehead atoms. The first kappa shape index (κ1) is 13.0. The Balaban J connectivity index is 2.34. The summed E-state index contributed by atoms with van der Waals surface area (Å²) in [6.45, 7) is 5.56. The highest BCUT2D eigenvalue weighted by Gasteiger charge is 2.48. The molecule has 0 spiro atoms. The van der Waals surface area contributed by atoms with Gasteiger partial charge in [-0.1, -0.05) is 6.07 Å². The highest BCUT2D eigenvalue weighted by molar-refractivity contribution is 5.81. The van der Waals surface area contributed by atoms with Gasteiger partial charge >= 0.3 is 5.97 Å². The molecule has 1 N–H and O–H groups in total. The third-order valence-corrected chi connectivity index (χ3v) is 3.14. The number of carbonyl (C=O) groups is 1. The van der Waals surface area contributed by atoms with E-state index in [4.69, 9.17) is 9.47 Å². The van der Waals surface area contributed by atoms with Gasteiger partial charge in [0, 0.05) is 6.20 Å². The molecule has 5 heteroatoms. The van der Waals surface area contributed by atoms with Crippen LogP contribution in [0.1, 0.15) is 25.1 Å². The first-order chi connectivity index (χ1) is 8.36. The number of carboxylic acid groups (broad SMARTS) is 1. The van der Waals surface area contributed by atoms with Gasteiger partial charge in [-0.3, -0.25) is 9.78 Å². The van der Waals surface area contributed by atoms with E-state index >= 15 is 0 Å². The number of aromatic nitrogens is 1. The van der Waals surface area contributed by atoms with Crippen LogP contribution >= 0.6 is 0 Å². The van der Waals surface area contributed by atoms with Crippen LogP contribution in [-0.4, -0.2) is 35.1 Å². The summed E-state index contributed by atoms with van der Waals surface area (Å²) in [4.78, 5) is 15.8. The summed E-state index contributed by atoms with van der Waals surface area (Å²) in [5.41, 5.74) is 0.233. The molecule has 98 valence electrons. The molecule has 2 heterocycles. The highest BCUT2D eigenvalue weighted by atomic mass is 16.7.